The number of nitrogens with one attached hydrogen (secondary N) is 2. The quantitative estimate of drug-likeness (QED) is 0.828. The maximum absolute atomic E-state index is 12.2. The number of piperidine rings is 1. The Morgan fingerprint density at radius 1 is 1.35 bits per heavy atom. The topological polar surface area (TPSA) is 91.0 Å². The van der Waals surface area contributed by atoms with Gasteiger partial charge in [-0.2, -0.15) is 5.10 Å². The van der Waals surface area contributed by atoms with Crippen LogP contribution in [0.25, 0.3) is 0 Å². The SMILES string of the molecule is CC(C)(C)C(=O)N1CCC(NC(=O)c2ncn[nH]2)CC1. The maximum atomic E-state index is 12.2. The molecule has 0 aliphatic carbocycles. The third kappa shape index (κ3) is 3.34. The summed E-state index contributed by atoms with van der Waals surface area (Å²) in [5.41, 5.74) is -0.351. The zero-order valence-corrected chi connectivity index (χ0v) is 12.1. The first kappa shape index (κ1) is 14.5. The van der Waals surface area contributed by atoms with E-state index in [0.717, 1.165) is 12.8 Å². The van der Waals surface area contributed by atoms with E-state index < -0.39 is 0 Å². The minimum absolute atomic E-state index is 0.0802. The van der Waals surface area contributed by atoms with E-state index in [0.29, 0.717) is 13.1 Å². The second kappa shape index (κ2) is 5.60. The zero-order valence-electron chi connectivity index (χ0n) is 12.1. The molecule has 1 aromatic rings. The number of nitrogens with zero attached hydrogens (tertiary/aromatic N) is 3. The fraction of sp³-hybridized carbons (Fsp3) is 0.692. The van der Waals surface area contributed by atoms with E-state index >= 15 is 0 Å². The number of amides is 2. The molecular weight excluding hydrogens is 258 g/mol. The van der Waals surface area contributed by atoms with E-state index in [4.69, 9.17) is 0 Å². The molecule has 7 heteroatoms. The van der Waals surface area contributed by atoms with E-state index in [-0.39, 0.29) is 29.1 Å². The predicted molar refractivity (Wildman–Crippen MR) is 72.9 cm³/mol. The summed E-state index contributed by atoms with van der Waals surface area (Å²) in [5, 5.41) is 9.09. The van der Waals surface area contributed by atoms with Gasteiger partial charge in [-0.05, 0) is 12.8 Å². The number of carbonyl (C=O) groups is 2. The summed E-state index contributed by atoms with van der Waals surface area (Å²) in [4.78, 5) is 29.7. The van der Waals surface area contributed by atoms with Crippen molar-refractivity contribution >= 4 is 11.8 Å². The second-order valence-corrected chi connectivity index (χ2v) is 6.12. The molecule has 0 radical (unpaired) electrons. The largest absolute Gasteiger partial charge is 0.346 e. The van der Waals surface area contributed by atoms with Crippen LogP contribution in [0.2, 0.25) is 0 Å². The molecule has 0 saturated carbocycles. The molecule has 0 aromatic carbocycles. The Morgan fingerprint density at radius 3 is 2.50 bits per heavy atom. The van der Waals surface area contributed by atoms with Gasteiger partial charge in [-0.3, -0.25) is 14.7 Å². The van der Waals surface area contributed by atoms with Crippen LogP contribution in [0.1, 0.15) is 44.2 Å². The number of aromatic amines is 1. The number of rotatable bonds is 2. The molecule has 0 bridgehead atoms. The van der Waals surface area contributed by atoms with Crippen LogP contribution >= 0.6 is 0 Å². The van der Waals surface area contributed by atoms with Crippen molar-refractivity contribution in [2.75, 3.05) is 13.1 Å². The number of hydrogen-bond donors (Lipinski definition) is 2. The molecule has 2 heterocycles. The number of carbonyl (C=O) groups excluding carboxylic acids is 2. The van der Waals surface area contributed by atoms with Crippen molar-refractivity contribution in [3.8, 4) is 0 Å². The van der Waals surface area contributed by atoms with E-state index in [9.17, 15) is 9.59 Å². The minimum atomic E-state index is -0.351. The Morgan fingerprint density at radius 2 is 2.00 bits per heavy atom. The average Bonchev–Trinajstić information content (AvgIpc) is 2.91. The standard InChI is InChI=1S/C13H21N5O2/c1-13(2,3)12(20)18-6-4-9(5-7-18)16-11(19)10-14-8-15-17-10/h8-9H,4-7H2,1-3H3,(H,16,19)(H,14,15,17). The summed E-state index contributed by atoms with van der Waals surface area (Å²) >= 11 is 0. The van der Waals surface area contributed by atoms with Gasteiger partial charge in [-0.1, -0.05) is 20.8 Å². The van der Waals surface area contributed by atoms with Gasteiger partial charge in [0, 0.05) is 24.5 Å². The van der Waals surface area contributed by atoms with Crippen LogP contribution in [0.15, 0.2) is 6.33 Å². The normalized spacial score (nSPS) is 17.1. The van der Waals surface area contributed by atoms with E-state index in [1.165, 1.54) is 6.33 Å². The summed E-state index contributed by atoms with van der Waals surface area (Å²) in [6.07, 6.45) is 2.84. The van der Waals surface area contributed by atoms with Gasteiger partial charge in [0.25, 0.3) is 5.91 Å². The highest BCUT2D eigenvalue weighted by atomic mass is 16.2. The highest BCUT2D eigenvalue weighted by Crippen LogP contribution is 2.21. The number of H-pyrrole nitrogens is 1. The maximum Gasteiger partial charge on any atom is 0.288 e. The van der Waals surface area contributed by atoms with Crippen molar-refractivity contribution in [2.45, 2.75) is 39.7 Å². The average molecular weight is 279 g/mol. The molecule has 110 valence electrons. The van der Waals surface area contributed by atoms with Crippen LogP contribution in [0.3, 0.4) is 0 Å². The van der Waals surface area contributed by atoms with Crippen LogP contribution in [0.4, 0.5) is 0 Å². The number of hydrogen-bond acceptors (Lipinski definition) is 4. The molecule has 2 rings (SSSR count). The smallest absolute Gasteiger partial charge is 0.288 e. The van der Waals surface area contributed by atoms with Crippen molar-refractivity contribution < 1.29 is 9.59 Å². The summed E-state index contributed by atoms with van der Waals surface area (Å²) in [6, 6.07) is 0.0802. The van der Waals surface area contributed by atoms with Gasteiger partial charge in [-0.15, -0.1) is 0 Å². The molecule has 1 aromatic heterocycles. The van der Waals surface area contributed by atoms with Gasteiger partial charge >= 0.3 is 0 Å². The highest BCUT2D eigenvalue weighted by molar-refractivity contribution is 5.90. The van der Waals surface area contributed by atoms with Crippen molar-refractivity contribution in [2.24, 2.45) is 5.41 Å². The predicted octanol–water partition coefficient (Wildman–Crippen LogP) is 0.572. The molecule has 1 fully saturated rings. The van der Waals surface area contributed by atoms with E-state index in [1.807, 2.05) is 25.7 Å². The third-order valence-corrected chi connectivity index (χ3v) is 3.39. The fourth-order valence-electron chi connectivity index (χ4n) is 2.27. The first-order valence-corrected chi connectivity index (χ1v) is 6.83. The first-order valence-electron chi connectivity index (χ1n) is 6.83. The number of likely N-dealkylation sites (tertiary alicyclic amines) is 1. The number of aromatic nitrogens is 3. The van der Waals surface area contributed by atoms with Crippen LogP contribution in [-0.2, 0) is 4.79 Å². The summed E-state index contributed by atoms with van der Waals surface area (Å²) in [5.74, 6) is 0.138. The van der Waals surface area contributed by atoms with Gasteiger partial charge < -0.3 is 10.2 Å². The Labute approximate surface area is 118 Å². The summed E-state index contributed by atoms with van der Waals surface area (Å²) in [6.45, 7) is 7.13. The van der Waals surface area contributed by atoms with Crippen molar-refractivity contribution in [3.63, 3.8) is 0 Å². The van der Waals surface area contributed by atoms with Gasteiger partial charge in [0.15, 0.2) is 0 Å². The van der Waals surface area contributed by atoms with Crippen LogP contribution in [0, 0.1) is 5.41 Å². The van der Waals surface area contributed by atoms with Gasteiger partial charge in [-0.25, -0.2) is 4.98 Å². The third-order valence-electron chi connectivity index (χ3n) is 3.39. The van der Waals surface area contributed by atoms with Crippen LogP contribution in [0.5, 0.6) is 0 Å². The Bertz CT molecular complexity index is 469. The summed E-state index contributed by atoms with van der Waals surface area (Å²) < 4.78 is 0. The highest BCUT2D eigenvalue weighted by Gasteiger charge is 2.30. The van der Waals surface area contributed by atoms with E-state index in [2.05, 4.69) is 20.5 Å². The molecule has 20 heavy (non-hydrogen) atoms. The van der Waals surface area contributed by atoms with Gasteiger partial charge in [0.2, 0.25) is 11.7 Å². The van der Waals surface area contributed by atoms with Crippen molar-refractivity contribution in [3.05, 3.63) is 12.2 Å². The Balaban J connectivity index is 1.83. The molecule has 1 aliphatic heterocycles. The molecule has 1 saturated heterocycles. The molecule has 2 N–H and O–H groups in total. The second-order valence-electron chi connectivity index (χ2n) is 6.12. The first-order chi connectivity index (χ1) is 9.38. The Kier molecular flexibility index (Phi) is 4.06. The van der Waals surface area contributed by atoms with Crippen molar-refractivity contribution in [1.29, 1.82) is 0 Å². The Hall–Kier alpha value is -1.92. The molecular formula is C13H21N5O2. The molecule has 7 nitrogen and oxygen atoms in total. The lowest BCUT2D eigenvalue weighted by Crippen LogP contribution is -2.49. The lowest BCUT2D eigenvalue weighted by molar-refractivity contribution is -0.140. The molecule has 1 aliphatic rings. The molecule has 0 atom stereocenters. The van der Waals surface area contributed by atoms with Gasteiger partial charge in [0.05, 0.1) is 0 Å². The molecule has 0 spiro atoms. The van der Waals surface area contributed by atoms with Gasteiger partial charge in [0.1, 0.15) is 6.33 Å². The monoisotopic (exact) mass is 279 g/mol. The fourth-order valence-corrected chi connectivity index (χ4v) is 2.27. The van der Waals surface area contributed by atoms with E-state index in [1.54, 1.807) is 0 Å². The van der Waals surface area contributed by atoms with Crippen molar-refractivity contribution in [1.82, 2.24) is 25.4 Å². The summed E-state index contributed by atoms with van der Waals surface area (Å²) in [7, 11) is 0. The molecule has 2 amide bonds. The van der Waals surface area contributed by atoms with Crippen LogP contribution < -0.4 is 5.32 Å². The minimum Gasteiger partial charge on any atom is -0.346 e. The van der Waals surface area contributed by atoms with Crippen LogP contribution in [-0.4, -0.2) is 51.0 Å². The lowest BCUT2D eigenvalue weighted by Gasteiger charge is -2.35. The zero-order chi connectivity index (χ0) is 14.8. The molecule has 0 unspecified atom stereocenters. The lowest BCUT2D eigenvalue weighted by atomic mass is 9.93.